The molecule has 6 N–H and O–H groups in total. The number of benzene rings is 6. The monoisotopic (exact) mass is 1190 g/mol. The van der Waals surface area contributed by atoms with E-state index in [1.165, 1.54) is 85.8 Å². The van der Waals surface area contributed by atoms with E-state index < -0.39 is 81.1 Å². The number of methoxy groups -OCH3 is 2. The van der Waals surface area contributed by atoms with Crippen molar-refractivity contribution >= 4 is 60.3 Å². The van der Waals surface area contributed by atoms with Crippen LogP contribution in [0.1, 0.15) is 95.2 Å². The summed E-state index contributed by atoms with van der Waals surface area (Å²) in [7, 11) is 0.707. The van der Waals surface area contributed by atoms with Crippen molar-refractivity contribution in [2.45, 2.75) is 108 Å². The van der Waals surface area contributed by atoms with E-state index in [1.807, 2.05) is 66.7 Å². The Morgan fingerprint density at radius 2 is 0.930 bits per heavy atom. The van der Waals surface area contributed by atoms with Gasteiger partial charge in [-0.15, -0.1) is 11.4 Å². The van der Waals surface area contributed by atoms with Crippen molar-refractivity contribution in [3.05, 3.63) is 217 Å². The molecule has 0 radical (unpaired) electrons. The van der Waals surface area contributed by atoms with Crippen molar-refractivity contribution in [1.29, 1.82) is 0 Å². The van der Waals surface area contributed by atoms with Gasteiger partial charge >= 0.3 is 50.1 Å². The van der Waals surface area contributed by atoms with Gasteiger partial charge in [-0.05, 0) is 129 Å². The van der Waals surface area contributed by atoms with Crippen molar-refractivity contribution in [1.82, 2.24) is 19.9 Å². The average molecular weight is 1200 g/mol. The van der Waals surface area contributed by atoms with Crippen LogP contribution in [0.4, 0.5) is 35.1 Å². The third-order valence-electron chi connectivity index (χ3n) is 13.7. The molecule has 10 rings (SSSR count). The number of para-hydroxylation sites is 4. The zero-order valence-corrected chi connectivity index (χ0v) is 51.5. The Labute approximate surface area is 524 Å². The van der Waals surface area contributed by atoms with Crippen LogP contribution in [0.3, 0.4) is 0 Å². The Bertz CT molecular complexity index is 3550. The summed E-state index contributed by atoms with van der Waals surface area (Å²) in [5, 5.41) is 4.57. The van der Waals surface area contributed by atoms with Gasteiger partial charge < -0.3 is 35.1 Å². The number of hydrogen-bond acceptors (Lipinski definition) is 4. The molecular formula is C66H72F8Li2N6O3S. The fourth-order valence-corrected chi connectivity index (χ4v) is 10.2. The fourth-order valence-electron chi connectivity index (χ4n) is 9.55. The Hall–Kier alpha value is -6.77. The number of nitrogens with two attached hydrogens (primary N) is 1. The van der Waals surface area contributed by atoms with Gasteiger partial charge in [0.2, 0.25) is 0 Å². The third kappa shape index (κ3) is 19.4. The van der Waals surface area contributed by atoms with E-state index in [-0.39, 0.29) is 49.0 Å². The molecule has 4 heterocycles. The van der Waals surface area contributed by atoms with Crippen LogP contribution in [-0.2, 0) is 28.2 Å². The summed E-state index contributed by atoms with van der Waals surface area (Å²) >= 11 is 0. The van der Waals surface area contributed by atoms with Crippen LogP contribution in [0.5, 0.6) is 11.5 Å². The number of aromatic nitrogens is 4. The zero-order chi connectivity index (χ0) is 62.0. The van der Waals surface area contributed by atoms with Gasteiger partial charge in [-0.3, -0.25) is 0 Å². The maximum absolute atomic E-state index is 14.1. The summed E-state index contributed by atoms with van der Waals surface area (Å²) in [5.41, 5.74) is 8.60. The maximum Gasteiger partial charge on any atom is 1.00 e. The first-order valence-electron chi connectivity index (χ1n) is 26.7. The normalized spacial score (nSPS) is 13.0. The molecule has 448 valence electrons. The number of H-pyrrole nitrogens is 4. The average Bonchev–Trinajstić information content (AvgIpc) is 1.09. The summed E-state index contributed by atoms with van der Waals surface area (Å²) in [6.07, 6.45) is -10.8. The Morgan fingerprint density at radius 1 is 0.547 bits per heavy atom. The van der Waals surface area contributed by atoms with E-state index in [1.54, 1.807) is 52.8 Å². The first-order valence-corrected chi connectivity index (χ1v) is 27.8. The van der Waals surface area contributed by atoms with E-state index in [0.29, 0.717) is 17.0 Å². The first-order chi connectivity index (χ1) is 39.2. The van der Waals surface area contributed by atoms with Gasteiger partial charge in [0, 0.05) is 57.4 Å². The predicted molar refractivity (Wildman–Crippen MR) is 326 cm³/mol. The number of alkyl halides is 6. The SMILES string of the molecule is COc1ccc(F)cc1C(C)(C)CC(=NS(=O)C(C)(C)C)C(F)(F)F.COc1ccc(F)cc1C(C)(C)CC(N)(Cc1cc2ccccc2[nH]1)C(F)(F)F.Cc1cc2ccccc2[nH]1.[CH2-]c1cc2ccccc2[nH]1.[CH2-]c1cc2ccccc2[nH]1.[Li+].[Li+]. The van der Waals surface area contributed by atoms with Gasteiger partial charge in [0.25, 0.3) is 0 Å². The molecule has 0 aliphatic heterocycles. The van der Waals surface area contributed by atoms with E-state index in [4.69, 9.17) is 15.2 Å². The second-order valence-corrected chi connectivity index (χ2v) is 24.6. The van der Waals surface area contributed by atoms with Crippen LogP contribution in [-0.4, -0.2) is 66.7 Å². The summed E-state index contributed by atoms with van der Waals surface area (Å²) < 4.78 is 135. The number of aryl methyl sites for hydroxylation is 1. The number of aromatic amines is 4. The molecule has 0 aliphatic carbocycles. The van der Waals surface area contributed by atoms with Crippen molar-refractivity contribution < 1.29 is 86.5 Å². The van der Waals surface area contributed by atoms with Crippen LogP contribution in [0.25, 0.3) is 43.6 Å². The van der Waals surface area contributed by atoms with Crippen molar-refractivity contribution in [3.8, 4) is 11.5 Å². The molecule has 0 bridgehead atoms. The van der Waals surface area contributed by atoms with Crippen LogP contribution in [0, 0.1) is 32.4 Å². The second kappa shape index (κ2) is 29.8. The summed E-state index contributed by atoms with van der Waals surface area (Å²) in [6, 6.07) is 47.2. The summed E-state index contributed by atoms with van der Waals surface area (Å²) in [6.45, 7) is 20.6. The van der Waals surface area contributed by atoms with E-state index in [2.05, 4.69) is 81.5 Å². The maximum atomic E-state index is 14.1. The number of fused-ring (bicyclic) bond motifs is 4. The smallest absolute Gasteiger partial charge is 0.496 e. The van der Waals surface area contributed by atoms with Crippen LogP contribution >= 0.6 is 0 Å². The molecule has 0 amide bonds. The number of halogens is 8. The number of nitrogens with zero attached hydrogens (tertiary/aromatic N) is 1. The molecule has 86 heavy (non-hydrogen) atoms. The van der Waals surface area contributed by atoms with Gasteiger partial charge in [0.1, 0.15) is 45.4 Å². The van der Waals surface area contributed by atoms with Gasteiger partial charge in [0.05, 0.1) is 19.0 Å². The molecule has 9 nitrogen and oxygen atoms in total. The van der Waals surface area contributed by atoms with Crippen molar-refractivity contribution in [2.24, 2.45) is 10.1 Å². The summed E-state index contributed by atoms with van der Waals surface area (Å²) in [4.78, 5) is 12.6. The minimum absolute atomic E-state index is 0. The van der Waals surface area contributed by atoms with E-state index >= 15 is 0 Å². The number of ether oxygens (including phenoxy) is 2. The summed E-state index contributed by atoms with van der Waals surface area (Å²) in [5.74, 6) is -0.511. The van der Waals surface area contributed by atoms with Crippen LogP contribution < -0.4 is 52.9 Å². The van der Waals surface area contributed by atoms with Gasteiger partial charge in [-0.2, -0.15) is 42.9 Å². The third-order valence-corrected chi connectivity index (χ3v) is 15.1. The molecule has 0 saturated heterocycles. The second-order valence-electron chi connectivity index (χ2n) is 22.7. The predicted octanol–water partition coefficient (Wildman–Crippen LogP) is 11.6. The zero-order valence-electron chi connectivity index (χ0n) is 50.7. The van der Waals surface area contributed by atoms with Crippen molar-refractivity contribution in [3.63, 3.8) is 0 Å². The molecule has 0 spiro atoms. The standard InChI is InChI=1S/C22H24F4N2O.C17H23F4NO2S.C9H9N.2C9H8N.2Li/c1-20(2,17-11-15(23)8-9-19(17)29-3)13-21(27,22(24,25)26)12-16-10-14-6-4-5-7-18(14)28-16;1-15(2,3)25(23)22-14(17(19,20)21)10-16(4,5)12-9-11(18)7-8-13(12)24-6;3*1-7-6-8-4-2-3-5-9(8)10-7;;/h4-11,28H,12-13,27H2,1-3H3;7-9H,10H2,1-6H3;2-6,10H,1H3;2*2-6,10H,1H2;;/q;;;2*-1;2*+1. The van der Waals surface area contributed by atoms with Crippen molar-refractivity contribution in [2.75, 3.05) is 14.2 Å². The minimum Gasteiger partial charge on any atom is -0.496 e. The molecule has 4 aromatic heterocycles. The quantitative estimate of drug-likeness (QED) is 0.0381. The molecule has 0 saturated carbocycles. The van der Waals surface area contributed by atoms with Gasteiger partial charge in [-0.25, -0.2) is 26.8 Å². The number of nitrogens with one attached hydrogen (secondary N) is 4. The van der Waals surface area contributed by atoms with Gasteiger partial charge in [-0.1, -0.05) is 111 Å². The molecule has 0 aliphatic rings. The number of hydrogen-bond donors (Lipinski definition) is 5. The fraction of sp³-hybridized carbons (Fsp3) is 0.288. The molecule has 10 aromatic rings. The molecular weight excluding hydrogens is 1120 g/mol. The van der Waals surface area contributed by atoms with E-state index in [0.717, 1.165) is 39.4 Å². The van der Waals surface area contributed by atoms with E-state index in [9.17, 15) is 39.3 Å². The molecule has 6 aromatic carbocycles. The Balaban J connectivity index is 0.000000247. The molecule has 0 fully saturated rings. The molecule has 2 atom stereocenters. The first kappa shape index (κ1) is 71.7. The Morgan fingerprint density at radius 3 is 1.30 bits per heavy atom. The Kier molecular flexibility index (Phi) is 24.8. The molecule has 2 unspecified atom stereocenters. The topological polar surface area (TPSA) is 137 Å². The largest absolute Gasteiger partial charge is 1.00 e. The van der Waals surface area contributed by atoms with Crippen LogP contribution in [0.15, 0.2) is 162 Å². The minimum atomic E-state index is -4.74. The number of rotatable bonds is 11. The van der Waals surface area contributed by atoms with Crippen LogP contribution in [0.2, 0.25) is 0 Å². The molecule has 20 heteroatoms. The van der Waals surface area contributed by atoms with Gasteiger partial charge in [0.15, 0.2) is 0 Å².